The van der Waals surface area contributed by atoms with E-state index in [1.165, 1.54) is 16.5 Å². The molecule has 2 aromatic heterocycles. The number of rotatable bonds is 7. The lowest BCUT2D eigenvalue weighted by molar-refractivity contribution is 0.252. The number of hydrogen-bond donors (Lipinski definition) is 2. The van der Waals surface area contributed by atoms with Gasteiger partial charge in [-0.2, -0.15) is 0 Å². The Morgan fingerprint density at radius 3 is 2.68 bits per heavy atom. The van der Waals surface area contributed by atoms with Gasteiger partial charge in [0.25, 0.3) is 0 Å². The molecule has 0 unspecified atom stereocenters. The van der Waals surface area contributed by atoms with Crippen LogP contribution < -0.4 is 10.6 Å². The molecule has 2 amide bonds. The summed E-state index contributed by atoms with van der Waals surface area (Å²) < 4.78 is 4.33. The van der Waals surface area contributed by atoms with Crippen LogP contribution in [0, 0.1) is 0 Å². The van der Waals surface area contributed by atoms with Crippen molar-refractivity contribution in [3.63, 3.8) is 0 Å². The van der Waals surface area contributed by atoms with E-state index in [0.29, 0.717) is 6.54 Å². The molecule has 0 bridgehead atoms. The number of aromatic nitrogens is 3. The first kappa shape index (κ1) is 17.9. The minimum Gasteiger partial charge on any atom is -0.347 e. The van der Waals surface area contributed by atoms with Gasteiger partial charge in [0.15, 0.2) is 0 Å². The Morgan fingerprint density at radius 1 is 1.04 bits per heavy atom. The molecule has 6 nitrogen and oxygen atoms in total. The smallest absolute Gasteiger partial charge is 0.319 e. The second kappa shape index (κ2) is 8.43. The first-order valence-corrected chi connectivity index (χ1v) is 9.42. The lowest BCUT2D eigenvalue weighted by Gasteiger charge is -2.08. The van der Waals surface area contributed by atoms with Crippen molar-refractivity contribution in [1.82, 2.24) is 19.4 Å². The average molecular weight is 373 g/mol. The van der Waals surface area contributed by atoms with Gasteiger partial charge in [-0.05, 0) is 30.2 Å². The van der Waals surface area contributed by atoms with Crippen molar-refractivity contribution in [2.24, 2.45) is 0 Å². The Hall–Kier alpha value is -3.54. The third kappa shape index (κ3) is 4.23. The van der Waals surface area contributed by atoms with E-state index in [9.17, 15) is 4.79 Å². The highest BCUT2D eigenvalue weighted by Crippen LogP contribution is 2.22. The summed E-state index contributed by atoms with van der Waals surface area (Å²) in [5, 5.41) is 7.01. The normalized spacial score (nSPS) is 10.9. The van der Waals surface area contributed by atoms with E-state index in [1.54, 1.807) is 6.20 Å². The molecule has 0 aliphatic heterocycles. The van der Waals surface area contributed by atoms with Crippen molar-refractivity contribution in [2.75, 3.05) is 11.9 Å². The van der Waals surface area contributed by atoms with Gasteiger partial charge in [-0.15, -0.1) is 0 Å². The van der Waals surface area contributed by atoms with Crippen LogP contribution in [-0.2, 0) is 13.1 Å². The molecule has 0 fully saturated rings. The van der Waals surface area contributed by atoms with Crippen LogP contribution in [0.15, 0.2) is 79.5 Å². The van der Waals surface area contributed by atoms with E-state index in [0.717, 1.165) is 25.2 Å². The molecule has 4 aromatic rings. The molecule has 2 heterocycles. The van der Waals surface area contributed by atoms with Crippen molar-refractivity contribution in [1.29, 1.82) is 0 Å². The van der Waals surface area contributed by atoms with Gasteiger partial charge in [0.05, 0.1) is 12.9 Å². The number of aryl methyl sites for hydroxylation is 1. The minimum atomic E-state index is -0.177. The zero-order chi connectivity index (χ0) is 19.2. The Labute approximate surface area is 163 Å². The summed E-state index contributed by atoms with van der Waals surface area (Å²) in [4.78, 5) is 16.1. The van der Waals surface area contributed by atoms with Gasteiger partial charge < -0.3 is 19.8 Å². The quantitative estimate of drug-likeness (QED) is 0.479. The number of amides is 2. The predicted octanol–water partition coefficient (Wildman–Crippen LogP) is 4.10. The lowest BCUT2D eigenvalue weighted by Crippen LogP contribution is -2.30. The molecule has 2 aromatic carbocycles. The van der Waals surface area contributed by atoms with Crippen molar-refractivity contribution in [2.45, 2.75) is 19.5 Å². The second-order valence-corrected chi connectivity index (χ2v) is 6.70. The standard InChI is InChI=1S/C22H23N5O/c28-22(25-19-7-2-1-3-8-19)24-11-6-13-27-16-18(15-26-14-12-23-17-26)20-9-4-5-10-21(20)27/h1-5,7-10,12,14,16-17H,6,11,13,15H2,(H2,24,25,28). The van der Waals surface area contributed by atoms with Gasteiger partial charge in [0, 0.05) is 48.3 Å². The molecule has 0 spiro atoms. The fraction of sp³-hybridized carbons (Fsp3) is 0.182. The predicted molar refractivity (Wildman–Crippen MR) is 111 cm³/mol. The number of imidazole rings is 1. The van der Waals surface area contributed by atoms with Crippen LogP contribution in [0.5, 0.6) is 0 Å². The topological polar surface area (TPSA) is 63.9 Å². The van der Waals surface area contributed by atoms with Gasteiger partial charge in [-0.3, -0.25) is 0 Å². The van der Waals surface area contributed by atoms with Gasteiger partial charge in [0.1, 0.15) is 0 Å². The minimum absolute atomic E-state index is 0.177. The zero-order valence-corrected chi connectivity index (χ0v) is 15.6. The molecule has 0 atom stereocenters. The van der Waals surface area contributed by atoms with Crippen molar-refractivity contribution in [3.8, 4) is 0 Å². The summed E-state index contributed by atoms with van der Waals surface area (Å²) in [6.07, 6.45) is 8.66. The summed E-state index contributed by atoms with van der Waals surface area (Å²) in [7, 11) is 0. The third-order valence-corrected chi connectivity index (χ3v) is 4.68. The number of hydrogen-bond acceptors (Lipinski definition) is 2. The SMILES string of the molecule is O=C(NCCCn1cc(Cn2ccnc2)c2ccccc21)Nc1ccccc1. The maximum Gasteiger partial charge on any atom is 0.319 e. The molecular weight excluding hydrogens is 350 g/mol. The molecule has 6 heteroatoms. The molecular formula is C22H23N5O. The lowest BCUT2D eigenvalue weighted by atomic mass is 10.2. The average Bonchev–Trinajstić information content (AvgIpc) is 3.35. The van der Waals surface area contributed by atoms with Gasteiger partial charge in [0.2, 0.25) is 0 Å². The molecule has 0 aliphatic carbocycles. The largest absolute Gasteiger partial charge is 0.347 e. The number of carbonyl (C=O) groups is 1. The molecule has 2 N–H and O–H groups in total. The first-order chi connectivity index (χ1) is 13.8. The number of fused-ring (bicyclic) bond motifs is 1. The molecule has 0 aliphatic rings. The van der Waals surface area contributed by atoms with Crippen LogP contribution in [0.2, 0.25) is 0 Å². The Kier molecular flexibility index (Phi) is 5.38. The third-order valence-electron chi connectivity index (χ3n) is 4.68. The van der Waals surface area contributed by atoms with Crippen LogP contribution in [0.4, 0.5) is 10.5 Å². The highest BCUT2D eigenvalue weighted by atomic mass is 16.2. The first-order valence-electron chi connectivity index (χ1n) is 9.42. The number of carbonyl (C=O) groups excluding carboxylic acids is 1. The van der Waals surface area contributed by atoms with Gasteiger partial charge in [-0.25, -0.2) is 9.78 Å². The number of nitrogens with one attached hydrogen (secondary N) is 2. The molecule has 0 radical (unpaired) electrons. The van der Waals surface area contributed by atoms with E-state index in [2.05, 4.69) is 55.2 Å². The number of urea groups is 1. The number of benzene rings is 2. The van der Waals surface area contributed by atoms with Gasteiger partial charge in [-0.1, -0.05) is 36.4 Å². The summed E-state index contributed by atoms with van der Waals surface area (Å²) >= 11 is 0. The number of nitrogens with zero attached hydrogens (tertiary/aromatic N) is 3. The number of anilines is 1. The fourth-order valence-electron chi connectivity index (χ4n) is 3.36. The van der Waals surface area contributed by atoms with Gasteiger partial charge >= 0.3 is 6.03 Å². The summed E-state index contributed by atoms with van der Waals surface area (Å²) in [6, 6.07) is 17.7. The van der Waals surface area contributed by atoms with Crippen molar-refractivity contribution in [3.05, 3.63) is 85.1 Å². The van der Waals surface area contributed by atoms with E-state index < -0.39 is 0 Å². The monoisotopic (exact) mass is 373 g/mol. The number of para-hydroxylation sites is 2. The zero-order valence-electron chi connectivity index (χ0n) is 15.6. The molecule has 4 rings (SSSR count). The summed E-state index contributed by atoms with van der Waals surface area (Å²) in [6.45, 7) is 2.25. The van der Waals surface area contributed by atoms with E-state index in [1.807, 2.05) is 42.9 Å². The van der Waals surface area contributed by atoms with E-state index >= 15 is 0 Å². The maximum absolute atomic E-state index is 12.0. The fourth-order valence-corrected chi connectivity index (χ4v) is 3.36. The van der Waals surface area contributed by atoms with Crippen LogP contribution in [0.3, 0.4) is 0 Å². The van der Waals surface area contributed by atoms with Crippen molar-refractivity contribution >= 4 is 22.6 Å². The highest BCUT2D eigenvalue weighted by Gasteiger charge is 2.08. The van der Waals surface area contributed by atoms with Crippen LogP contribution in [0.25, 0.3) is 10.9 Å². The Balaban J connectivity index is 1.35. The van der Waals surface area contributed by atoms with E-state index in [-0.39, 0.29) is 6.03 Å². The second-order valence-electron chi connectivity index (χ2n) is 6.70. The summed E-state index contributed by atoms with van der Waals surface area (Å²) in [5.41, 5.74) is 3.27. The molecule has 0 saturated heterocycles. The van der Waals surface area contributed by atoms with Crippen LogP contribution in [0.1, 0.15) is 12.0 Å². The molecule has 142 valence electrons. The van der Waals surface area contributed by atoms with E-state index in [4.69, 9.17) is 0 Å². The Bertz CT molecular complexity index is 1040. The molecule has 0 saturated carbocycles. The highest BCUT2D eigenvalue weighted by molar-refractivity contribution is 5.89. The van der Waals surface area contributed by atoms with Crippen LogP contribution >= 0.6 is 0 Å². The molecule has 28 heavy (non-hydrogen) atoms. The Morgan fingerprint density at radius 2 is 1.86 bits per heavy atom. The summed E-state index contributed by atoms with van der Waals surface area (Å²) in [5.74, 6) is 0. The van der Waals surface area contributed by atoms with Crippen LogP contribution in [-0.4, -0.2) is 26.7 Å². The maximum atomic E-state index is 12.0. The van der Waals surface area contributed by atoms with Crippen molar-refractivity contribution < 1.29 is 4.79 Å².